The molecule has 1 fully saturated rings. The Bertz CT molecular complexity index is 1100. The molecular weight excluding hydrogens is 438 g/mol. The fourth-order valence-corrected chi connectivity index (χ4v) is 4.96. The maximum atomic E-state index is 12.7. The van der Waals surface area contributed by atoms with Crippen molar-refractivity contribution < 1.29 is 32.2 Å². The second-order valence-electron chi connectivity index (χ2n) is 7.50. The van der Waals surface area contributed by atoms with Gasteiger partial charge in [-0.25, -0.2) is 8.42 Å². The van der Waals surface area contributed by atoms with Crippen LogP contribution in [0, 0.1) is 5.92 Å². The van der Waals surface area contributed by atoms with Crippen molar-refractivity contribution in [2.24, 2.45) is 5.92 Å². The third-order valence-corrected chi connectivity index (χ3v) is 7.24. The Morgan fingerprint density at radius 3 is 2.66 bits per heavy atom. The molecule has 11 heteroatoms. The lowest BCUT2D eigenvalue weighted by Gasteiger charge is -2.30. The number of nitrogens with zero attached hydrogens (tertiary/aromatic N) is 2. The Hall–Kier alpha value is -3.18. The van der Waals surface area contributed by atoms with Gasteiger partial charge in [-0.3, -0.25) is 14.6 Å². The van der Waals surface area contributed by atoms with E-state index in [9.17, 15) is 18.0 Å². The van der Waals surface area contributed by atoms with Gasteiger partial charge in [0.05, 0.1) is 5.92 Å². The number of fused-ring (bicyclic) bond motifs is 1. The number of carbonyl (C=O) groups is 2. The second-order valence-corrected chi connectivity index (χ2v) is 9.44. The lowest BCUT2D eigenvalue weighted by Crippen LogP contribution is -2.41. The van der Waals surface area contributed by atoms with Crippen molar-refractivity contribution in [2.75, 3.05) is 25.2 Å². The molecule has 3 heterocycles. The minimum Gasteiger partial charge on any atom is -0.454 e. The molecule has 32 heavy (non-hydrogen) atoms. The molecule has 0 aliphatic carbocycles. The number of nitrogens with one attached hydrogen (secondary N) is 1. The number of ether oxygens (including phenoxy) is 3. The van der Waals surface area contributed by atoms with Crippen LogP contribution in [-0.2, 0) is 24.3 Å². The minimum absolute atomic E-state index is 0.120. The van der Waals surface area contributed by atoms with Crippen LogP contribution in [0.2, 0.25) is 0 Å². The molecule has 1 aromatic carbocycles. The highest BCUT2D eigenvalue weighted by Gasteiger charge is 2.34. The first-order chi connectivity index (χ1) is 15.3. The van der Waals surface area contributed by atoms with E-state index in [0.29, 0.717) is 30.0 Å². The second kappa shape index (κ2) is 9.13. The Balaban J connectivity index is 1.28. The Morgan fingerprint density at radius 1 is 1.19 bits per heavy atom. The molecule has 10 nitrogen and oxygen atoms in total. The van der Waals surface area contributed by atoms with Gasteiger partial charge in [0.2, 0.25) is 16.8 Å². The number of hydrogen-bond acceptors (Lipinski definition) is 8. The van der Waals surface area contributed by atoms with E-state index < -0.39 is 33.9 Å². The van der Waals surface area contributed by atoms with Crippen molar-refractivity contribution in [2.45, 2.75) is 30.8 Å². The average Bonchev–Trinajstić information content (AvgIpc) is 3.27. The first-order valence-electron chi connectivity index (χ1n) is 10.2. The molecule has 2 aromatic rings. The van der Waals surface area contributed by atoms with Crippen LogP contribution in [-0.4, -0.2) is 55.6 Å². The number of aromatic nitrogens is 1. The van der Waals surface area contributed by atoms with Gasteiger partial charge < -0.3 is 19.5 Å². The van der Waals surface area contributed by atoms with Gasteiger partial charge in [-0.05, 0) is 44.0 Å². The summed E-state index contributed by atoms with van der Waals surface area (Å²) >= 11 is 0. The van der Waals surface area contributed by atoms with Gasteiger partial charge in [-0.2, -0.15) is 4.31 Å². The molecule has 0 spiro atoms. The number of anilines is 1. The van der Waals surface area contributed by atoms with Gasteiger partial charge in [0, 0.05) is 37.2 Å². The number of piperidine rings is 1. The minimum atomic E-state index is -3.65. The lowest BCUT2D eigenvalue weighted by molar-refractivity contribution is -0.158. The smallest absolute Gasteiger partial charge is 0.309 e. The normalized spacial score (nSPS) is 17.5. The SMILES string of the molecule is CC(OC(=O)C1CCN(S(=O)(=O)c2cccnc2)CC1)C(=O)Nc1ccc2c(c1)OCO2. The summed E-state index contributed by atoms with van der Waals surface area (Å²) in [5, 5.41) is 2.68. The van der Waals surface area contributed by atoms with E-state index in [1.54, 1.807) is 24.3 Å². The van der Waals surface area contributed by atoms with Crippen molar-refractivity contribution in [3.05, 3.63) is 42.7 Å². The number of amides is 1. The quantitative estimate of drug-likeness (QED) is 0.646. The van der Waals surface area contributed by atoms with Crippen LogP contribution < -0.4 is 14.8 Å². The fraction of sp³-hybridized carbons (Fsp3) is 0.381. The number of esters is 1. The van der Waals surface area contributed by atoms with Gasteiger partial charge in [0.15, 0.2) is 17.6 Å². The van der Waals surface area contributed by atoms with Gasteiger partial charge in [-0.1, -0.05) is 0 Å². The monoisotopic (exact) mass is 461 g/mol. The predicted molar refractivity (Wildman–Crippen MR) is 112 cm³/mol. The summed E-state index contributed by atoms with van der Waals surface area (Å²) in [6, 6.07) is 8.03. The molecule has 0 radical (unpaired) electrons. The van der Waals surface area contributed by atoms with Gasteiger partial charge in [-0.15, -0.1) is 0 Å². The first kappa shape index (κ1) is 22.0. The third kappa shape index (κ3) is 4.68. The Labute approximate surface area is 185 Å². The zero-order valence-electron chi connectivity index (χ0n) is 17.4. The first-order valence-corrected chi connectivity index (χ1v) is 11.6. The highest BCUT2D eigenvalue weighted by Crippen LogP contribution is 2.34. The van der Waals surface area contributed by atoms with Crippen LogP contribution >= 0.6 is 0 Å². The van der Waals surface area contributed by atoms with Crippen molar-refractivity contribution in [3.8, 4) is 11.5 Å². The summed E-state index contributed by atoms with van der Waals surface area (Å²) in [6.45, 7) is 1.99. The van der Waals surface area contributed by atoms with Gasteiger partial charge in [0.25, 0.3) is 5.91 Å². The van der Waals surface area contributed by atoms with E-state index in [4.69, 9.17) is 14.2 Å². The third-order valence-electron chi connectivity index (χ3n) is 5.36. The topological polar surface area (TPSA) is 124 Å². The zero-order chi connectivity index (χ0) is 22.7. The van der Waals surface area contributed by atoms with Crippen molar-refractivity contribution in [3.63, 3.8) is 0 Å². The fourth-order valence-electron chi connectivity index (χ4n) is 3.52. The van der Waals surface area contributed by atoms with E-state index in [0.717, 1.165) is 0 Å². The molecule has 0 bridgehead atoms. The van der Waals surface area contributed by atoms with Crippen molar-refractivity contribution in [1.29, 1.82) is 0 Å². The van der Waals surface area contributed by atoms with Crippen molar-refractivity contribution >= 4 is 27.6 Å². The van der Waals surface area contributed by atoms with E-state index >= 15 is 0 Å². The van der Waals surface area contributed by atoms with E-state index in [-0.39, 0.29) is 24.8 Å². The molecule has 1 saturated heterocycles. The van der Waals surface area contributed by atoms with E-state index in [2.05, 4.69) is 10.3 Å². The molecule has 170 valence electrons. The molecule has 2 aliphatic rings. The van der Waals surface area contributed by atoms with Gasteiger partial charge >= 0.3 is 5.97 Å². The summed E-state index contributed by atoms with van der Waals surface area (Å²) in [6.07, 6.45) is 2.43. The summed E-state index contributed by atoms with van der Waals surface area (Å²) in [7, 11) is -3.65. The molecule has 1 amide bonds. The number of carbonyl (C=O) groups excluding carboxylic acids is 2. The predicted octanol–water partition coefficient (Wildman–Crippen LogP) is 1.78. The highest BCUT2D eigenvalue weighted by atomic mass is 32.2. The Morgan fingerprint density at radius 2 is 1.94 bits per heavy atom. The summed E-state index contributed by atoms with van der Waals surface area (Å²) in [5.41, 5.74) is 0.496. The number of pyridine rings is 1. The van der Waals surface area contributed by atoms with Crippen LogP contribution in [0.3, 0.4) is 0 Å². The van der Waals surface area contributed by atoms with Crippen molar-refractivity contribution in [1.82, 2.24) is 9.29 Å². The molecule has 1 unspecified atom stereocenters. The molecule has 1 aromatic heterocycles. The molecular formula is C21H23N3O7S. The molecule has 4 rings (SSSR count). The standard InChI is InChI=1S/C21H23N3O7S/c1-14(20(25)23-16-4-5-18-19(11-16)30-13-29-18)31-21(26)15-6-9-24(10-7-15)32(27,28)17-3-2-8-22-12-17/h2-5,8,11-12,14-15H,6-7,9-10,13H2,1H3,(H,23,25). The summed E-state index contributed by atoms with van der Waals surface area (Å²) < 4.78 is 42.5. The maximum absolute atomic E-state index is 12.7. The molecule has 0 saturated carbocycles. The molecule has 1 atom stereocenters. The van der Waals surface area contributed by atoms with Crippen LogP contribution in [0.25, 0.3) is 0 Å². The van der Waals surface area contributed by atoms with Crippen LogP contribution in [0.4, 0.5) is 5.69 Å². The zero-order valence-corrected chi connectivity index (χ0v) is 18.2. The number of hydrogen-bond donors (Lipinski definition) is 1. The average molecular weight is 461 g/mol. The van der Waals surface area contributed by atoms with Gasteiger partial charge in [0.1, 0.15) is 4.90 Å². The number of rotatable bonds is 6. The largest absolute Gasteiger partial charge is 0.454 e. The molecule has 1 N–H and O–H groups in total. The van der Waals surface area contributed by atoms with E-state index in [1.807, 2.05) is 0 Å². The number of sulfonamides is 1. The molecule has 2 aliphatic heterocycles. The van der Waals surface area contributed by atoms with Crippen LogP contribution in [0.1, 0.15) is 19.8 Å². The maximum Gasteiger partial charge on any atom is 0.309 e. The lowest BCUT2D eigenvalue weighted by atomic mass is 9.98. The summed E-state index contributed by atoms with van der Waals surface area (Å²) in [4.78, 5) is 28.9. The number of benzene rings is 1. The summed E-state index contributed by atoms with van der Waals surface area (Å²) in [5.74, 6) is -0.346. The highest BCUT2D eigenvalue weighted by molar-refractivity contribution is 7.89. The van der Waals surface area contributed by atoms with Crippen LogP contribution in [0.15, 0.2) is 47.6 Å². The Kier molecular flexibility index (Phi) is 6.28. The van der Waals surface area contributed by atoms with Crippen LogP contribution in [0.5, 0.6) is 11.5 Å². The van der Waals surface area contributed by atoms with E-state index in [1.165, 1.54) is 29.7 Å².